The molecule has 7 nitrogen and oxygen atoms in total. The smallest absolute Gasteiger partial charge is 0.255 e. The summed E-state index contributed by atoms with van der Waals surface area (Å²) in [6.45, 7) is 1.04. The van der Waals surface area contributed by atoms with E-state index in [1.807, 2.05) is 11.4 Å². The summed E-state index contributed by atoms with van der Waals surface area (Å²) in [6, 6.07) is 5.38. The molecule has 0 saturated carbocycles. The molecule has 0 radical (unpaired) electrons. The number of nitrogens with one attached hydrogen (secondary N) is 1. The molecule has 0 bridgehead atoms. The van der Waals surface area contributed by atoms with Gasteiger partial charge < -0.3 is 15.8 Å². The molecule has 0 spiro atoms. The number of primary amides is 1. The molecule has 3 aromatic rings. The van der Waals surface area contributed by atoms with Crippen molar-refractivity contribution >= 4 is 28.8 Å². The number of nitrogens with two attached hydrogens (primary N) is 1. The minimum Gasteiger partial charge on any atom is -0.482 e. The lowest BCUT2D eigenvalue weighted by Crippen LogP contribution is -2.20. The van der Waals surface area contributed by atoms with E-state index in [2.05, 4.69) is 20.3 Å². The third-order valence-corrected chi connectivity index (χ3v) is 4.54. The zero-order valence-corrected chi connectivity index (χ0v) is 15.3. The van der Waals surface area contributed by atoms with Crippen LogP contribution in [0.4, 0.5) is 0 Å². The molecule has 0 unspecified atom stereocenters. The maximum Gasteiger partial charge on any atom is 0.255 e. The standard InChI is InChI=1S/C17H16ClN5O2S/c18-13-5-11(1-2-15(13)25-9-16(19)24)6-21-7-12-10-26-17(23-12)14-8-20-3-4-22-14/h1-5,8,10,21H,6-7,9H2,(H2,19,24). The van der Waals surface area contributed by atoms with Gasteiger partial charge in [0, 0.05) is 30.9 Å². The lowest BCUT2D eigenvalue weighted by Gasteiger charge is -2.08. The van der Waals surface area contributed by atoms with E-state index in [-0.39, 0.29) is 6.61 Å². The van der Waals surface area contributed by atoms with Crippen LogP contribution in [-0.2, 0) is 17.9 Å². The van der Waals surface area contributed by atoms with E-state index in [9.17, 15) is 4.79 Å². The van der Waals surface area contributed by atoms with Gasteiger partial charge in [-0.2, -0.15) is 0 Å². The van der Waals surface area contributed by atoms with Gasteiger partial charge in [-0.1, -0.05) is 17.7 Å². The fraction of sp³-hybridized carbons (Fsp3) is 0.176. The van der Waals surface area contributed by atoms with Gasteiger partial charge in [0.25, 0.3) is 5.91 Å². The van der Waals surface area contributed by atoms with Gasteiger partial charge in [0.2, 0.25) is 0 Å². The highest BCUT2D eigenvalue weighted by atomic mass is 35.5. The third kappa shape index (κ3) is 4.98. The molecule has 0 saturated heterocycles. The van der Waals surface area contributed by atoms with Crippen LogP contribution in [0.1, 0.15) is 11.3 Å². The molecule has 1 aromatic carbocycles. The number of amides is 1. The fourth-order valence-electron chi connectivity index (χ4n) is 2.17. The summed E-state index contributed by atoms with van der Waals surface area (Å²) in [6.07, 6.45) is 4.98. The molecular weight excluding hydrogens is 374 g/mol. The van der Waals surface area contributed by atoms with Crippen molar-refractivity contribution < 1.29 is 9.53 Å². The average Bonchev–Trinajstić information content (AvgIpc) is 3.10. The predicted octanol–water partition coefficient (Wildman–Crippen LogP) is 2.41. The molecule has 0 fully saturated rings. The van der Waals surface area contributed by atoms with E-state index < -0.39 is 5.91 Å². The summed E-state index contributed by atoms with van der Waals surface area (Å²) >= 11 is 7.68. The summed E-state index contributed by atoms with van der Waals surface area (Å²) in [5.74, 6) is -0.113. The molecule has 3 rings (SSSR count). The number of hydrogen-bond acceptors (Lipinski definition) is 7. The number of thiazole rings is 1. The van der Waals surface area contributed by atoms with Crippen molar-refractivity contribution in [3.63, 3.8) is 0 Å². The summed E-state index contributed by atoms with van der Waals surface area (Å²) in [5, 5.41) is 6.58. The number of ether oxygens (including phenoxy) is 1. The number of nitrogens with zero attached hydrogens (tertiary/aromatic N) is 3. The summed E-state index contributed by atoms with van der Waals surface area (Å²) in [5.41, 5.74) is 7.74. The highest BCUT2D eigenvalue weighted by molar-refractivity contribution is 7.13. The minimum absolute atomic E-state index is 0.199. The number of rotatable bonds is 8. The van der Waals surface area contributed by atoms with Crippen LogP contribution >= 0.6 is 22.9 Å². The molecule has 2 heterocycles. The van der Waals surface area contributed by atoms with Crippen molar-refractivity contribution in [3.8, 4) is 16.5 Å². The Kier molecular flexibility index (Phi) is 6.11. The Morgan fingerprint density at radius 2 is 2.19 bits per heavy atom. The first-order valence-corrected chi connectivity index (χ1v) is 8.98. The quantitative estimate of drug-likeness (QED) is 0.613. The number of carbonyl (C=O) groups excluding carboxylic acids is 1. The first kappa shape index (κ1) is 18.2. The van der Waals surface area contributed by atoms with Crippen molar-refractivity contribution in [3.05, 3.63) is 58.4 Å². The van der Waals surface area contributed by atoms with Crippen LogP contribution in [0, 0.1) is 0 Å². The zero-order chi connectivity index (χ0) is 18.4. The van der Waals surface area contributed by atoms with Crippen molar-refractivity contribution in [2.45, 2.75) is 13.1 Å². The second kappa shape index (κ2) is 8.70. The monoisotopic (exact) mass is 389 g/mol. The van der Waals surface area contributed by atoms with E-state index in [4.69, 9.17) is 22.1 Å². The Bertz CT molecular complexity index is 888. The van der Waals surface area contributed by atoms with E-state index >= 15 is 0 Å². The van der Waals surface area contributed by atoms with E-state index in [0.717, 1.165) is 22.0 Å². The molecule has 1 amide bonds. The first-order valence-electron chi connectivity index (χ1n) is 7.73. The third-order valence-electron chi connectivity index (χ3n) is 3.34. The van der Waals surface area contributed by atoms with Gasteiger partial charge in [0.05, 0.1) is 16.9 Å². The lowest BCUT2D eigenvalue weighted by molar-refractivity contribution is -0.119. The second-order valence-electron chi connectivity index (χ2n) is 5.36. The fourth-order valence-corrected chi connectivity index (χ4v) is 3.21. The molecule has 9 heteroatoms. The Hall–Kier alpha value is -2.55. The van der Waals surface area contributed by atoms with E-state index in [0.29, 0.717) is 23.9 Å². The molecule has 0 aliphatic heterocycles. The average molecular weight is 390 g/mol. The van der Waals surface area contributed by atoms with Crippen LogP contribution in [-0.4, -0.2) is 27.5 Å². The highest BCUT2D eigenvalue weighted by Gasteiger charge is 2.07. The maximum atomic E-state index is 10.8. The molecular formula is C17H16ClN5O2S. The van der Waals surface area contributed by atoms with Crippen LogP contribution in [0.3, 0.4) is 0 Å². The molecule has 134 valence electrons. The largest absolute Gasteiger partial charge is 0.482 e. The van der Waals surface area contributed by atoms with Gasteiger partial charge in [-0.25, -0.2) is 4.98 Å². The van der Waals surface area contributed by atoms with E-state index in [1.54, 1.807) is 30.7 Å². The van der Waals surface area contributed by atoms with Crippen LogP contribution in [0.25, 0.3) is 10.7 Å². The summed E-state index contributed by atoms with van der Waals surface area (Å²) < 4.78 is 5.23. The van der Waals surface area contributed by atoms with Crippen LogP contribution in [0.5, 0.6) is 5.75 Å². The van der Waals surface area contributed by atoms with Crippen LogP contribution in [0.2, 0.25) is 5.02 Å². The topological polar surface area (TPSA) is 103 Å². The summed E-state index contributed by atoms with van der Waals surface area (Å²) in [4.78, 5) is 23.6. The molecule has 2 aromatic heterocycles. The molecule has 0 aliphatic rings. The van der Waals surface area contributed by atoms with Gasteiger partial charge in [-0.15, -0.1) is 11.3 Å². The Labute approximate surface area is 159 Å². The molecule has 26 heavy (non-hydrogen) atoms. The van der Waals surface area contributed by atoms with Crippen molar-refractivity contribution in [2.75, 3.05) is 6.61 Å². The molecule has 0 atom stereocenters. The Morgan fingerprint density at radius 3 is 2.92 bits per heavy atom. The second-order valence-corrected chi connectivity index (χ2v) is 6.62. The van der Waals surface area contributed by atoms with Crippen molar-refractivity contribution in [1.29, 1.82) is 0 Å². The van der Waals surface area contributed by atoms with Crippen molar-refractivity contribution in [1.82, 2.24) is 20.3 Å². The Balaban J connectivity index is 1.53. The highest BCUT2D eigenvalue weighted by Crippen LogP contribution is 2.25. The predicted molar refractivity (Wildman–Crippen MR) is 99.8 cm³/mol. The number of hydrogen-bond donors (Lipinski definition) is 2. The Morgan fingerprint density at radius 1 is 1.31 bits per heavy atom. The number of aromatic nitrogens is 3. The van der Waals surface area contributed by atoms with Gasteiger partial charge in [-0.05, 0) is 17.7 Å². The van der Waals surface area contributed by atoms with Gasteiger partial charge in [-0.3, -0.25) is 14.8 Å². The van der Waals surface area contributed by atoms with Gasteiger partial charge >= 0.3 is 0 Å². The first-order chi connectivity index (χ1) is 12.6. The summed E-state index contributed by atoms with van der Waals surface area (Å²) in [7, 11) is 0. The number of benzene rings is 1. The number of halogens is 1. The normalized spacial score (nSPS) is 10.7. The molecule has 0 aliphatic carbocycles. The minimum atomic E-state index is -0.545. The van der Waals surface area contributed by atoms with Gasteiger partial charge in [0.1, 0.15) is 16.5 Å². The van der Waals surface area contributed by atoms with Crippen molar-refractivity contribution in [2.24, 2.45) is 5.73 Å². The number of carbonyl (C=O) groups is 1. The lowest BCUT2D eigenvalue weighted by atomic mass is 10.2. The molecule has 3 N–H and O–H groups in total. The van der Waals surface area contributed by atoms with Crippen LogP contribution < -0.4 is 15.8 Å². The van der Waals surface area contributed by atoms with E-state index in [1.165, 1.54) is 11.3 Å². The zero-order valence-electron chi connectivity index (χ0n) is 13.7. The van der Waals surface area contributed by atoms with Gasteiger partial charge in [0.15, 0.2) is 6.61 Å². The van der Waals surface area contributed by atoms with Crippen LogP contribution in [0.15, 0.2) is 42.2 Å². The maximum absolute atomic E-state index is 10.8. The SMILES string of the molecule is NC(=O)COc1ccc(CNCc2csc(-c3cnccn3)n2)cc1Cl.